The Bertz CT molecular complexity index is 498. The Morgan fingerprint density at radius 2 is 2.06 bits per heavy atom. The van der Waals surface area contributed by atoms with Crippen molar-refractivity contribution in [2.75, 3.05) is 0 Å². The number of aromatic nitrogens is 3. The van der Waals surface area contributed by atoms with Gasteiger partial charge in [0.25, 0.3) is 0 Å². The van der Waals surface area contributed by atoms with Crippen LogP contribution in [0.1, 0.15) is 17.2 Å². The summed E-state index contributed by atoms with van der Waals surface area (Å²) in [6, 6.07) is 5.61. The molecule has 0 amide bonds. The van der Waals surface area contributed by atoms with E-state index < -0.39 is 0 Å². The van der Waals surface area contributed by atoms with Gasteiger partial charge in [-0.25, -0.2) is 4.98 Å². The van der Waals surface area contributed by atoms with Crippen LogP contribution in [0.3, 0.4) is 0 Å². The Morgan fingerprint density at radius 1 is 1.19 bits per heavy atom. The molecular formula is C11H11N5. The molecule has 0 bridgehead atoms. The van der Waals surface area contributed by atoms with Crippen LogP contribution in [-0.4, -0.2) is 27.4 Å². The number of nitrogens with one attached hydrogen (secondary N) is 1. The maximum atomic E-state index is 4.08. The van der Waals surface area contributed by atoms with Crippen molar-refractivity contribution in [2.24, 2.45) is 10.2 Å². The highest BCUT2D eigenvalue weighted by Crippen LogP contribution is 1.92. The molecule has 1 N–H and O–H groups in total. The normalized spacial score (nSPS) is 11.6. The lowest BCUT2D eigenvalue weighted by Crippen LogP contribution is -1.84. The van der Waals surface area contributed by atoms with Crippen molar-refractivity contribution in [1.82, 2.24) is 15.0 Å². The SMILES string of the molecule is Cc1ncc(/C=N/N=C/c2ccccn2)[nH]1. The van der Waals surface area contributed by atoms with Crippen molar-refractivity contribution in [3.63, 3.8) is 0 Å². The fourth-order valence-corrected chi connectivity index (χ4v) is 1.15. The third-order valence-electron chi connectivity index (χ3n) is 1.86. The first-order chi connectivity index (χ1) is 7.84. The number of H-pyrrole nitrogens is 1. The molecule has 2 aromatic rings. The number of hydrogen-bond donors (Lipinski definition) is 1. The quantitative estimate of drug-likeness (QED) is 0.621. The number of aromatic amines is 1. The average molecular weight is 213 g/mol. The van der Waals surface area contributed by atoms with E-state index in [2.05, 4.69) is 25.2 Å². The molecule has 16 heavy (non-hydrogen) atoms. The second-order valence-corrected chi connectivity index (χ2v) is 3.17. The van der Waals surface area contributed by atoms with Gasteiger partial charge in [-0.3, -0.25) is 4.98 Å². The second kappa shape index (κ2) is 4.97. The topological polar surface area (TPSA) is 66.3 Å². The van der Waals surface area contributed by atoms with Crippen LogP contribution in [0, 0.1) is 6.92 Å². The molecule has 5 heteroatoms. The van der Waals surface area contributed by atoms with Crippen molar-refractivity contribution in [2.45, 2.75) is 6.92 Å². The number of rotatable bonds is 3. The fraction of sp³-hybridized carbons (Fsp3) is 0.0909. The van der Waals surface area contributed by atoms with Gasteiger partial charge in [-0.15, -0.1) is 0 Å². The number of imidazole rings is 1. The minimum Gasteiger partial charge on any atom is -0.341 e. The van der Waals surface area contributed by atoms with Crippen LogP contribution >= 0.6 is 0 Å². The van der Waals surface area contributed by atoms with E-state index >= 15 is 0 Å². The van der Waals surface area contributed by atoms with Gasteiger partial charge in [0.2, 0.25) is 0 Å². The first-order valence-electron chi connectivity index (χ1n) is 4.83. The van der Waals surface area contributed by atoms with Crippen LogP contribution in [-0.2, 0) is 0 Å². The molecular weight excluding hydrogens is 202 g/mol. The summed E-state index contributed by atoms with van der Waals surface area (Å²) in [5.74, 6) is 0.857. The Balaban J connectivity index is 1.97. The molecule has 80 valence electrons. The lowest BCUT2D eigenvalue weighted by atomic mass is 10.4. The highest BCUT2D eigenvalue weighted by molar-refractivity contribution is 5.79. The van der Waals surface area contributed by atoms with E-state index in [0.717, 1.165) is 17.2 Å². The monoisotopic (exact) mass is 213 g/mol. The molecule has 5 nitrogen and oxygen atoms in total. The van der Waals surface area contributed by atoms with Crippen LogP contribution in [0.25, 0.3) is 0 Å². The zero-order valence-electron chi connectivity index (χ0n) is 8.83. The maximum Gasteiger partial charge on any atom is 0.103 e. The second-order valence-electron chi connectivity index (χ2n) is 3.17. The molecule has 2 heterocycles. The van der Waals surface area contributed by atoms with E-state index in [-0.39, 0.29) is 0 Å². The highest BCUT2D eigenvalue weighted by Gasteiger charge is 1.90. The van der Waals surface area contributed by atoms with E-state index in [1.54, 1.807) is 24.8 Å². The Labute approximate surface area is 93.0 Å². The summed E-state index contributed by atoms with van der Waals surface area (Å²) in [7, 11) is 0. The van der Waals surface area contributed by atoms with Gasteiger partial charge in [0.15, 0.2) is 0 Å². The standard InChI is InChI=1S/C11H11N5/c1-9-13-6-11(16-9)8-15-14-7-10-4-2-3-5-12-10/h2-8H,1H3,(H,13,16)/b14-7+,15-8+. The summed E-state index contributed by atoms with van der Waals surface area (Å²) in [6.07, 6.45) is 6.62. The van der Waals surface area contributed by atoms with Crippen LogP contribution in [0.5, 0.6) is 0 Å². The van der Waals surface area contributed by atoms with Crippen LogP contribution in [0.15, 0.2) is 40.8 Å². The predicted octanol–water partition coefficient (Wildman–Crippen LogP) is 1.57. The van der Waals surface area contributed by atoms with Crippen molar-refractivity contribution >= 4 is 12.4 Å². The first-order valence-corrected chi connectivity index (χ1v) is 4.83. The van der Waals surface area contributed by atoms with E-state index in [0.29, 0.717) is 0 Å². The summed E-state index contributed by atoms with van der Waals surface area (Å²) in [5.41, 5.74) is 1.61. The Morgan fingerprint density at radius 3 is 2.75 bits per heavy atom. The summed E-state index contributed by atoms with van der Waals surface area (Å²) in [5, 5.41) is 7.76. The molecule has 0 saturated carbocycles. The van der Waals surface area contributed by atoms with E-state index in [1.165, 1.54) is 0 Å². The van der Waals surface area contributed by atoms with Gasteiger partial charge in [0.1, 0.15) is 5.82 Å². The van der Waals surface area contributed by atoms with Crippen molar-refractivity contribution in [1.29, 1.82) is 0 Å². The molecule has 0 aromatic carbocycles. The molecule has 0 fully saturated rings. The summed E-state index contributed by atoms with van der Waals surface area (Å²) in [6.45, 7) is 1.88. The van der Waals surface area contributed by atoms with E-state index in [1.807, 2.05) is 25.1 Å². The average Bonchev–Trinajstić information content (AvgIpc) is 2.72. The Kier molecular flexibility index (Phi) is 3.18. The van der Waals surface area contributed by atoms with Gasteiger partial charge in [-0.05, 0) is 19.1 Å². The van der Waals surface area contributed by atoms with Crippen LogP contribution in [0.4, 0.5) is 0 Å². The molecule has 0 aliphatic heterocycles. The number of aryl methyl sites for hydroxylation is 1. The van der Waals surface area contributed by atoms with Gasteiger partial charge in [0, 0.05) is 6.20 Å². The van der Waals surface area contributed by atoms with Gasteiger partial charge in [-0.1, -0.05) is 6.07 Å². The third kappa shape index (κ3) is 2.84. The molecule has 2 aromatic heterocycles. The van der Waals surface area contributed by atoms with Gasteiger partial charge in [0.05, 0.1) is 30.0 Å². The minimum absolute atomic E-state index is 0.778. The van der Waals surface area contributed by atoms with E-state index in [9.17, 15) is 0 Å². The minimum atomic E-state index is 0.778. The van der Waals surface area contributed by atoms with E-state index in [4.69, 9.17) is 0 Å². The molecule has 0 atom stereocenters. The van der Waals surface area contributed by atoms with Gasteiger partial charge < -0.3 is 4.98 Å². The molecule has 0 aliphatic rings. The zero-order valence-corrected chi connectivity index (χ0v) is 8.83. The van der Waals surface area contributed by atoms with Crippen molar-refractivity contribution < 1.29 is 0 Å². The summed E-state index contributed by atoms with van der Waals surface area (Å²) >= 11 is 0. The third-order valence-corrected chi connectivity index (χ3v) is 1.86. The molecule has 0 radical (unpaired) electrons. The fourth-order valence-electron chi connectivity index (χ4n) is 1.15. The molecule has 0 aliphatic carbocycles. The van der Waals surface area contributed by atoms with Gasteiger partial charge in [-0.2, -0.15) is 10.2 Å². The molecule has 0 saturated heterocycles. The van der Waals surface area contributed by atoms with Crippen LogP contribution < -0.4 is 0 Å². The molecule has 0 spiro atoms. The zero-order chi connectivity index (χ0) is 11.2. The predicted molar refractivity (Wildman–Crippen MR) is 62.7 cm³/mol. The largest absolute Gasteiger partial charge is 0.341 e. The lowest BCUT2D eigenvalue weighted by Gasteiger charge is -1.86. The molecule has 2 rings (SSSR count). The highest BCUT2D eigenvalue weighted by atomic mass is 15.2. The summed E-state index contributed by atoms with van der Waals surface area (Å²) in [4.78, 5) is 11.2. The number of pyridine rings is 1. The smallest absolute Gasteiger partial charge is 0.103 e. The molecule has 0 unspecified atom stereocenters. The van der Waals surface area contributed by atoms with Crippen molar-refractivity contribution in [3.8, 4) is 0 Å². The number of nitrogens with zero attached hydrogens (tertiary/aromatic N) is 4. The first kappa shape index (κ1) is 10.2. The van der Waals surface area contributed by atoms with Crippen LogP contribution in [0.2, 0.25) is 0 Å². The maximum absolute atomic E-state index is 4.08. The summed E-state index contributed by atoms with van der Waals surface area (Å²) < 4.78 is 0. The van der Waals surface area contributed by atoms with Crippen molar-refractivity contribution in [3.05, 3.63) is 47.8 Å². The van der Waals surface area contributed by atoms with Gasteiger partial charge >= 0.3 is 0 Å². The lowest BCUT2D eigenvalue weighted by molar-refractivity contribution is 1.14. The number of hydrogen-bond acceptors (Lipinski definition) is 4. The Hall–Kier alpha value is -2.30.